The van der Waals surface area contributed by atoms with Gasteiger partial charge in [-0.15, -0.1) is 0 Å². The van der Waals surface area contributed by atoms with E-state index in [0.717, 1.165) is 11.0 Å². The average molecular weight is 327 g/mol. The summed E-state index contributed by atoms with van der Waals surface area (Å²) in [5.74, 6) is 0. The molecule has 1 fully saturated rings. The van der Waals surface area contributed by atoms with Crippen molar-refractivity contribution < 1.29 is 5.11 Å². The number of nitrogens with zero attached hydrogens (tertiary/aromatic N) is 1. The first-order chi connectivity index (χ1) is 8.85. The van der Waals surface area contributed by atoms with Crippen molar-refractivity contribution in [1.82, 2.24) is 5.32 Å². The Morgan fingerprint density at radius 3 is 2.68 bits per heavy atom. The fraction of sp³-hybridized carbons (Fsp3) is 0.600. The summed E-state index contributed by atoms with van der Waals surface area (Å²) < 4.78 is 1.07. The number of nitrogens with one attached hydrogen (secondary N) is 1. The molecule has 0 bridgehead atoms. The van der Waals surface area contributed by atoms with E-state index in [1.807, 2.05) is 20.9 Å². The van der Waals surface area contributed by atoms with E-state index in [9.17, 15) is 5.11 Å². The third kappa shape index (κ3) is 4.79. The smallest absolute Gasteiger partial charge is 0.0765 e. The van der Waals surface area contributed by atoms with Gasteiger partial charge in [-0.25, -0.2) is 0 Å². The van der Waals surface area contributed by atoms with Gasteiger partial charge in [-0.2, -0.15) is 0 Å². The topological polar surface area (TPSA) is 35.5 Å². The third-order valence-corrected chi connectivity index (χ3v) is 3.73. The minimum Gasteiger partial charge on any atom is -0.389 e. The molecule has 106 valence electrons. The van der Waals surface area contributed by atoms with E-state index in [-0.39, 0.29) is 0 Å². The highest BCUT2D eigenvalue weighted by atomic mass is 79.9. The Bertz CT molecular complexity index is 438. The Labute approximate surface area is 124 Å². The van der Waals surface area contributed by atoms with Gasteiger partial charge in [0.15, 0.2) is 0 Å². The summed E-state index contributed by atoms with van der Waals surface area (Å²) in [6, 6.07) is 7.05. The molecule has 0 atom stereocenters. The minimum absolute atomic E-state index is 0.611. The van der Waals surface area contributed by atoms with Crippen LogP contribution in [0.15, 0.2) is 22.7 Å². The zero-order valence-corrected chi connectivity index (χ0v) is 13.5. The molecule has 0 unspecified atom stereocenters. The molecule has 1 aromatic rings. The highest BCUT2D eigenvalue weighted by Crippen LogP contribution is 2.27. The Morgan fingerprint density at radius 1 is 1.42 bits per heavy atom. The molecule has 1 saturated carbocycles. The normalized spacial score (nSPS) is 15.6. The van der Waals surface area contributed by atoms with Crippen molar-refractivity contribution in [1.29, 1.82) is 0 Å². The van der Waals surface area contributed by atoms with E-state index >= 15 is 0 Å². The van der Waals surface area contributed by atoms with Gasteiger partial charge < -0.3 is 15.3 Å². The van der Waals surface area contributed by atoms with E-state index in [0.29, 0.717) is 12.6 Å². The van der Waals surface area contributed by atoms with Gasteiger partial charge in [-0.1, -0.05) is 22.0 Å². The second-order valence-electron chi connectivity index (χ2n) is 6.10. The Kier molecular flexibility index (Phi) is 4.54. The number of benzene rings is 1. The van der Waals surface area contributed by atoms with Crippen LogP contribution in [-0.4, -0.2) is 30.3 Å². The first-order valence-corrected chi connectivity index (χ1v) is 7.60. The zero-order chi connectivity index (χ0) is 14.0. The van der Waals surface area contributed by atoms with E-state index in [1.54, 1.807) is 0 Å². The third-order valence-electron chi connectivity index (χ3n) is 3.24. The van der Waals surface area contributed by atoms with Crippen LogP contribution in [0.5, 0.6) is 0 Å². The second-order valence-corrected chi connectivity index (χ2v) is 7.01. The van der Waals surface area contributed by atoms with Crippen LogP contribution in [-0.2, 0) is 6.54 Å². The van der Waals surface area contributed by atoms with E-state index in [2.05, 4.69) is 44.3 Å². The summed E-state index contributed by atoms with van der Waals surface area (Å²) in [5.41, 5.74) is 1.75. The van der Waals surface area contributed by atoms with Gasteiger partial charge in [0, 0.05) is 36.3 Å². The van der Waals surface area contributed by atoms with Crippen molar-refractivity contribution in [2.24, 2.45) is 0 Å². The van der Waals surface area contributed by atoms with Gasteiger partial charge in [0.05, 0.1) is 5.60 Å². The quantitative estimate of drug-likeness (QED) is 0.843. The zero-order valence-electron chi connectivity index (χ0n) is 11.9. The molecule has 0 heterocycles. The summed E-state index contributed by atoms with van der Waals surface area (Å²) in [6.07, 6.45) is 2.59. The Morgan fingerprint density at radius 2 is 2.11 bits per heavy atom. The molecule has 4 heteroatoms. The molecule has 3 nitrogen and oxygen atoms in total. The summed E-state index contributed by atoms with van der Waals surface area (Å²) >= 11 is 3.53. The van der Waals surface area contributed by atoms with Gasteiger partial charge in [-0.05, 0) is 44.4 Å². The highest BCUT2D eigenvalue weighted by Gasteiger charge is 2.22. The SMILES string of the molecule is CN(CC(C)(C)O)c1cc(Br)ccc1CNC1CC1. The standard InChI is InChI=1S/C15H23BrN2O/c1-15(2,19)10-18(3)14-8-12(16)5-4-11(14)9-17-13-6-7-13/h4-5,8,13,17,19H,6-7,9-10H2,1-3H3. The number of hydrogen-bond donors (Lipinski definition) is 2. The monoisotopic (exact) mass is 326 g/mol. The van der Waals surface area contributed by atoms with Gasteiger partial charge >= 0.3 is 0 Å². The molecule has 19 heavy (non-hydrogen) atoms. The fourth-order valence-electron chi connectivity index (χ4n) is 2.25. The molecule has 0 aromatic heterocycles. The number of aliphatic hydroxyl groups is 1. The lowest BCUT2D eigenvalue weighted by Crippen LogP contribution is -2.37. The van der Waals surface area contributed by atoms with E-state index < -0.39 is 5.60 Å². The molecule has 0 aliphatic heterocycles. The largest absolute Gasteiger partial charge is 0.389 e. The number of rotatable bonds is 6. The van der Waals surface area contributed by atoms with Gasteiger partial charge in [0.2, 0.25) is 0 Å². The molecule has 2 rings (SSSR count). The van der Waals surface area contributed by atoms with Crippen LogP contribution in [0.1, 0.15) is 32.3 Å². The summed E-state index contributed by atoms with van der Waals surface area (Å²) in [5, 5.41) is 13.5. The molecule has 1 aliphatic rings. The van der Waals surface area contributed by atoms with Crippen molar-refractivity contribution in [2.75, 3.05) is 18.5 Å². The van der Waals surface area contributed by atoms with Crippen LogP contribution < -0.4 is 10.2 Å². The average Bonchev–Trinajstić information content (AvgIpc) is 3.09. The van der Waals surface area contributed by atoms with Crippen LogP contribution in [0.3, 0.4) is 0 Å². The van der Waals surface area contributed by atoms with Crippen molar-refractivity contribution in [3.05, 3.63) is 28.2 Å². The van der Waals surface area contributed by atoms with Crippen LogP contribution in [0.2, 0.25) is 0 Å². The number of anilines is 1. The molecule has 1 aliphatic carbocycles. The molecule has 0 saturated heterocycles. The Balaban J connectivity index is 2.12. The maximum atomic E-state index is 9.97. The summed E-state index contributed by atoms with van der Waals surface area (Å²) in [6.45, 7) is 5.18. The molecule has 2 N–H and O–H groups in total. The lowest BCUT2D eigenvalue weighted by molar-refractivity contribution is 0.0886. The van der Waals surface area contributed by atoms with Crippen LogP contribution >= 0.6 is 15.9 Å². The number of halogens is 1. The molecular weight excluding hydrogens is 304 g/mol. The predicted octanol–water partition coefficient (Wildman–Crippen LogP) is 2.91. The van der Waals surface area contributed by atoms with Crippen LogP contribution in [0, 0.1) is 0 Å². The lowest BCUT2D eigenvalue weighted by Gasteiger charge is -2.29. The van der Waals surface area contributed by atoms with Crippen molar-refractivity contribution in [3.8, 4) is 0 Å². The van der Waals surface area contributed by atoms with Crippen LogP contribution in [0.25, 0.3) is 0 Å². The van der Waals surface area contributed by atoms with Gasteiger partial charge in [-0.3, -0.25) is 0 Å². The molecule has 0 radical (unpaired) electrons. The summed E-state index contributed by atoms with van der Waals surface area (Å²) in [4.78, 5) is 2.12. The second kappa shape index (κ2) is 5.81. The van der Waals surface area contributed by atoms with Gasteiger partial charge in [0.25, 0.3) is 0 Å². The fourth-order valence-corrected chi connectivity index (χ4v) is 2.60. The minimum atomic E-state index is -0.696. The van der Waals surface area contributed by atoms with Gasteiger partial charge in [0.1, 0.15) is 0 Å². The van der Waals surface area contributed by atoms with E-state index in [1.165, 1.54) is 24.1 Å². The maximum absolute atomic E-state index is 9.97. The van der Waals surface area contributed by atoms with Crippen LogP contribution in [0.4, 0.5) is 5.69 Å². The summed E-state index contributed by atoms with van der Waals surface area (Å²) in [7, 11) is 2.03. The predicted molar refractivity (Wildman–Crippen MR) is 83.6 cm³/mol. The Hall–Kier alpha value is -0.580. The first-order valence-electron chi connectivity index (χ1n) is 6.80. The molecule has 0 amide bonds. The maximum Gasteiger partial charge on any atom is 0.0765 e. The molecule has 1 aromatic carbocycles. The molecule has 0 spiro atoms. The molecular formula is C15H23BrN2O. The van der Waals surface area contributed by atoms with Crippen molar-refractivity contribution in [3.63, 3.8) is 0 Å². The highest BCUT2D eigenvalue weighted by molar-refractivity contribution is 9.10. The number of likely N-dealkylation sites (N-methyl/N-ethyl adjacent to an activating group) is 1. The number of hydrogen-bond acceptors (Lipinski definition) is 3. The lowest BCUT2D eigenvalue weighted by atomic mass is 10.1. The first kappa shape index (κ1) is 14.8. The van der Waals surface area contributed by atoms with Crippen molar-refractivity contribution >= 4 is 21.6 Å². The van der Waals surface area contributed by atoms with Crippen molar-refractivity contribution in [2.45, 2.75) is 44.9 Å². The van der Waals surface area contributed by atoms with E-state index in [4.69, 9.17) is 0 Å².